The summed E-state index contributed by atoms with van der Waals surface area (Å²) in [5.74, 6) is 1.53. The zero-order valence-corrected chi connectivity index (χ0v) is 19.5. The van der Waals surface area contributed by atoms with Crippen LogP contribution >= 0.6 is 11.6 Å². The summed E-state index contributed by atoms with van der Waals surface area (Å²) in [4.78, 5) is 16.6. The summed E-state index contributed by atoms with van der Waals surface area (Å²) in [7, 11) is 3.43. The Morgan fingerprint density at radius 1 is 1.30 bits per heavy atom. The number of aromatic amines is 1. The second-order valence-corrected chi connectivity index (χ2v) is 8.22. The minimum absolute atomic E-state index is 0.0561. The Labute approximate surface area is 196 Å². The summed E-state index contributed by atoms with van der Waals surface area (Å²) >= 11 is 6.53. The monoisotopic (exact) mass is 471 g/mol. The molecule has 0 aliphatic carbocycles. The van der Waals surface area contributed by atoms with Gasteiger partial charge in [-0.25, -0.2) is 10.4 Å². The number of nitrogens with zero attached hydrogens (tertiary/aromatic N) is 3. The van der Waals surface area contributed by atoms with Crippen LogP contribution in [0.5, 0.6) is 11.5 Å². The molecule has 0 fully saturated rings. The predicted octanol–water partition coefficient (Wildman–Crippen LogP) is 3.05. The number of benzene rings is 2. The number of aliphatic imine (C=N–C) groups is 1. The molecule has 1 aliphatic heterocycles. The van der Waals surface area contributed by atoms with Crippen molar-refractivity contribution in [2.24, 2.45) is 4.99 Å². The van der Waals surface area contributed by atoms with Gasteiger partial charge in [0.05, 0.1) is 29.5 Å². The van der Waals surface area contributed by atoms with Crippen LogP contribution in [0, 0.1) is 0 Å². The lowest BCUT2D eigenvalue weighted by atomic mass is 10.1. The van der Waals surface area contributed by atoms with Gasteiger partial charge >= 0.3 is 0 Å². The molecule has 0 saturated heterocycles. The highest BCUT2D eigenvalue weighted by molar-refractivity contribution is 6.38. The molecule has 1 amide bonds. The van der Waals surface area contributed by atoms with E-state index in [0.29, 0.717) is 28.2 Å². The molecule has 4 N–H and O–H groups in total. The normalized spacial score (nSPS) is 15.6. The van der Waals surface area contributed by atoms with Crippen molar-refractivity contribution in [2.45, 2.75) is 26.1 Å². The number of carbonyl (C=O) groups excluding carboxylic acids is 1. The summed E-state index contributed by atoms with van der Waals surface area (Å²) in [6.07, 6.45) is 1.30. The van der Waals surface area contributed by atoms with Gasteiger partial charge in [0.15, 0.2) is 6.61 Å². The standard InChI is InChI=1S/C22H26ClN7O3/c1-12(2)25-19(31)11-33-13-5-6-14(18(9-13)32-4)21-27-22(30(3)29-21)26-17-8-7-16-15(20(17)23)10-24-28-16/h5-10,12,21,29H,11H2,1-4H3,(H,24,28)(H,25,31)(H,26,27). The van der Waals surface area contributed by atoms with Crippen LogP contribution in [0.4, 0.5) is 5.69 Å². The number of hydrogen-bond donors (Lipinski definition) is 4. The minimum atomic E-state index is -0.387. The zero-order chi connectivity index (χ0) is 23.5. The van der Waals surface area contributed by atoms with E-state index in [1.165, 1.54) is 0 Å². The summed E-state index contributed by atoms with van der Waals surface area (Å²) in [5.41, 5.74) is 5.67. The van der Waals surface area contributed by atoms with Crippen LogP contribution in [0.25, 0.3) is 10.9 Å². The van der Waals surface area contributed by atoms with Crippen LogP contribution in [0.2, 0.25) is 5.02 Å². The number of aromatic nitrogens is 2. The van der Waals surface area contributed by atoms with Crippen LogP contribution in [0.15, 0.2) is 41.5 Å². The molecule has 1 aromatic heterocycles. The van der Waals surface area contributed by atoms with E-state index in [9.17, 15) is 4.79 Å². The Morgan fingerprint density at radius 2 is 2.12 bits per heavy atom. The number of ether oxygens (including phenoxy) is 2. The highest BCUT2D eigenvalue weighted by Crippen LogP contribution is 2.34. The van der Waals surface area contributed by atoms with Crippen LogP contribution in [-0.4, -0.2) is 53.9 Å². The van der Waals surface area contributed by atoms with Crippen LogP contribution < -0.4 is 25.5 Å². The first-order chi connectivity index (χ1) is 15.9. The molecule has 2 heterocycles. The molecule has 0 spiro atoms. The second-order valence-electron chi connectivity index (χ2n) is 7.84. The largest absolute Gasteiger partial charge is 0.496 e. The number of guanidine groups is 1. The topological polar surface area (TPSA) is 116 Å². The number of anilines is 1. The summed E-state index contributed by atoms with van der Waals surface area (Å²) in [6, 6.07) is 9.21. The highest BCUT2D eigenvalue weighted by atomic mass is 35.5. The van der Waals surface area contributed by atoms with Crippen molar-refractivity contribution in [1.82, 2.24) is 25.9 Å². The van der Waals surface area contributed by atoms with Crippen molar-refractivity contribution in [2.75, 3.05) is 26.1 Å². The van der Waals surface area contributed by atoms with E-state index in [4.69, 9.17) is 26.1 Å². The van der Waals surface area contributed by atoms with E-state index >= 15 is 0 Å². The van der Waals surface area contributed by atoms with Gasteiger partial charge in [-0.1, -0.05) is 11.6 Å². The van der Waals surface area contributed by atoms with E-state index in [1.54, 1.807) is 30.4 Å². The van der Waals surface area contributed by atoms with Crippen molar-refractivity contribution >= 4 is 40.1 Å². The van der Waals surface area contributed by atoms with E-state index in [0.717, 1.165) is 16.5 Å². The quantitative estimate of drug-likeness (QED) is 0.418. The van der Waals surface area contributed by atoms with Gasteiger partial charge in [-0.3, -0.25) is 14.9 Å². The number of rotatable bonds is 7. The zero-order valence-electron chi connectivity index (χ0n) is 18.8. The van der Waals surface area contributed by atoms with Gasteiger partial charge in [0.2, 0.25) is 5.96 Å². The van der Waals surface area contributed by atoms with Gasteiger partial charge in [0, 0.05) is 30.1 Å². The average molecular weight is 472 g/mol. The molecule has 0 saturated carbocycles. The van der Waals surface area contributed by atoms with Crippen molar-refractivity contribution in [3.63, 3.8) is 0 Å². The molecule has 4 rings (SSSR count). The third-order valence-electron chi connectivity index (χ3n) is 5.01. The Hall–Kier alpha value is -3.50. The molecule has 1 atom stereocenters. The van der Waals surface area contributed by atoms with Crippen molar-refractivity contribution < 1.29 is 14.3 Å². The van der Waals surface area contributed by atoms with Gasteiger partial charge in [-0.05, 0) is 38.1 Å². The maximum Gasteiger partial charge on any atom is 0.258 e. The lowest BCUT2D eigenvalue weighted by molar-refractivity contribution is -0.123. The third-order valence-corrected chi connectivity index (χ3v) is 5.42. The first kappa shape index (κ1) is 22.7. The molecule has 10 nitrogen and oxygen atoms in total. The van der Waals surface area contributed by atoms with E-state index in [-0.39, 0.29) is 24.7 Å². The van der Waals surface area contributed by atoms with E-state index < -0.39 is 0 Å². The fourth-order valence-electron chi connectivity index (χ4n) is 3.46. The molecule has 2 aromatic carbocycles. The number of hydrazine groups is 1. The van der Waals surface area contributed by atoms with Crippen molar-refractivity contribution in [3.8, 4) is 11.5 Å². The lowest BCUT2D eigenvalue weighted by Crippen LogP contribution is -2.37. The second kappa shape index (κ2) is 9.55. The maximum absolute atomic E-state index is 11.8. The number of H-pyrrole nitrogens is 1. The molecular formula is C22H26ClN7O3. The molecule has 33 heavy (non-hydrogen) atoms. The fraction of sp³-hybridized carbons (Fsp3) is 0.318. The average Bonchev–Trinajstić information content (AvgIpc) is 3.40. The van der Waals surface area contributed by atoms with Crippen molar-refractivity contribution in [3.05, 3.63) is 47.1 Å². The lowest BCUT2D eigenvalue weighted by Gasteiger charge is -2.18. The highest BCUT2D eigenvalue weighted by Gasteiger charge is 2.26. The Balaban J connectivity index is 1.50. The van der Waals surface area contributed by atoms with Crippen LogP contribution in [-0.2, 0) is 4.79 Å². The molecule has 3 aromatic rings. The number of nitrogens with one attached hydrogen (secondary N) is 4. The molecular weight excluding hydrogens is 446 g/mol. The Kier molecular flexibility index (Phi) is 6.57. The fourth-order valence-corrected chi connectivity index (χ4v) is 3.72. The Morgan fingerprint density at radius 3 is 2.88 bits per heavy atom. The van der Waals surface area contributed by atoms with Gasteiger partial charge in [0.1, 0.15) is 17.7 Å². The predicted molar refractivity (Wildman–Crippen MR) is 128 cm³/mol. The van der Waals surface area contributed by atoms with Crippen LogP contribution in [0.1, 0.15) is 25.6 Å². The summed E-state index contributed by atoms with van der Waals surface area (Å²) in [5, 5.41) is 16.1. The summed E-state index contributed by atoms with van der Waals surface area (Å²) < 4.78 is 11.2. The maximum atomic E-state index is 11.8. The molecule has 0 radical (unpaired) electrons. The first-order valence-electron chi connectivity index (χ1n) is 10.4. The van der Waals surface area contributed by atoms with Crippen molar-refractivity contribution in [1.29, 1.82) is 0 Å². The SMILES string of the molecule is COc1cc(OCC(=O)NC(C)C)ccc1C1N=C(Nc2ccc3[nH]ncc3c2Cl)N(C)N1. The number of hydrogen-bond acceptors (Lipinski definition) is 8. The number of fused-ring (bicyclic) bond motifs is 1. The Bertz CT molecular complexity index is 1190. The van der Waals surface area contributed by atoms with E-state index in [2.05, 4.69) is 26.3 Å². The van der Waals surface area contributed by atoms with Gasteiger partial charge in [-0.2, -0.15) is 5.10 Å². The first-order valence-corrected chi connectivity index (χ1v) is 10.8. The number of halogens is 1. The number of carbonyl (C=O) groups is 1. The molecule has 1 aliphatic rings. The van der Waals surface area contributed by atoms with Gasteiger partial charge < -0.3 is 20.1 Å². The van der Waals surface area contributed by atoms with Crippen LogP contribution in [0.3, 0.4) is 0 Å². The number of methoxy groups -OCH3 is 1. The third kappa shape index (κ3) is 4.96. The summed E-state index contributed by atoms with van der Waals surface area (Å²) in [6.45, 7) is 3.72. The molecule has 0 bridgehead atoms. The smallest absolute Gasteiger partial charge is 0.258 e. The molecule has 11 heteroatoms. The van der Waals surface area contributed by atoms with Gasteiger partial charge in [0.25, 0.3) is 5.91 Å². The number of amides is 1. The minimum Gasteiger partial charge on any atom is -0.496 e. The van der Waals surface area contributed by atoms with Gasteiger partial charge in [-0.15, -0.1) is 0 Å². The molecule has 1 unspecified atom stereocenters. The molecule has 174 valence electrons. The van der Waals surface area contributed by atoms with E-state index in [1.807, 2.05) is 39.1 Å².